The number of amides is 3. The highest BCUT2D eigenvalue weighted by atomic mass is 16.6. The lowest BCUT2D eigenvalue weighted by Crippen LogP contribution is -2.52. The molecule has 0 aliphatic heterocycles. The molecule has 2 N–H and O–H groups in total. The van der Waals surface area contributed by atoms with Crippen molar-refractivity contribution in [2.24, 2.45) is 5.92 Å². The van der Waals surface area contributed by atoms with Crippen LogP contribution in [0.1, 0.15) is 77.1 Å². The van der Waals surface area contributed by atoms with Crippen molar-refractivity contribution in [1.29, 1.82) is 0 Å². The van der Waals surface area contributed by atoms with Crippen LogP contribution in [0.5, 0.6) is 0 Å². The molecule has 202 valence electrons. The first-order chi connectivity index (χ1) is 16.7. The van der Waals surface area contributed by atoms with E-state index in [1.165, 1.54) is 4.90 Å². The first-order valence-corrected chi connectivity index (χ1v) is 12.4. The number of carbonyl (C=O) groups is 4. The molecule has 36 heavy (non-hydrogen) atoms. The van der Waals surface area contributed by atoms with Crippen LogP contribution in [0.4, 0.5) is 4.79 Å². The maximum Gasteiger partial charge on any atom is 0.408 e. The van der Waals surface area contributed by atoms with E-state index in [0.29, 0.717) is 12.0 Å². The second-order valence-corrected chi connectivity index (χ2v) is 10.4. The average Bonchev–Trinajstić information content (AvgIpc) is 2.72. The highest BCUT2D eigenvalue weighted by Gasteiger charge is 2.35. The lowest BCUT2D eigenvalue weighted by Gasteiger charge is -2.33. The van der Waals surface area contributed by atoms with Gasteiger partial charge in [-0.25, -0.2) is 4.79 Å². The lowest BCUT2D eigenvalue weighted by atomic mass is 9.96. The van der Waals surface area contributed by atoms with Gasteiger partial charge in [-0.05, 0) is 65.0 Å². The molecule has 0 radical (unpaired) electrons. The van der Waals surface area contributed by atoms with Crippen molar-refractivity contribution in [3.8, 4) is 0 Å². The van der Waals surface area contributed by atoms with Gasteiger partial charge in [0.15, 0.2) is 0 Å². The van der Waals surface area contributed by atoms with Gasteiger partial charge in [-0.1, -0.05) is 37.6 Å². The Hall–Kier alpha value is -3.10. The highest BCUT2D eigenvalue weighted by molar-refractivity contribution is 5.92. The molecule has 0 heterocycles. The van der Waals surface area contributed by atoms with E-state index in [9.17, 15) is 19.2 Å². The lowest BCUT2D eigenvalue weighted by molar-refractivity contribution is -0.143. The van der Waals surface area contributed by atoms with Gasteiger partial charge < -0.3 is 25.0 Å². The monoisotopic (exact) mass is 505 g/mol. The van der Waals surface area contributed by atoms with Crippen LogP contribution in [0.2, 0.25) is 0 Å². The van der Waals surface area contributed by atoms with Gasteiger partial charge in [0.1, 0.15) is 17.7 Å². The van der Waals surface area contributed by atoms with Gasteiger partial charge in [-0.15, -0.1) is 0 Å². The van der Waals surface area contributed by atoms with Crippen molar-refractivity contribution in [2.45, 2.75) is 85.9 Å². The molecular formula is C27H43N3O6. The number of nitrogens with one attached hydrogen (secondary N) is 2. The molecule has 1 rings (SSSR count). The summed E-state index contributed by atoms with van der Waals surface area (Å²) in [4.78, 5) is 52.5. The van der Waals surface area contributed by atoms with E-state index in [4.69, 9.17) is 9.47 Å². The van der Waals surface area contributed by atoms with Crippen LogP contribution in [0, 0.1) is 19.8 Å². The highest BCUT2D eigenvalue weighted by Crippen LogP contribution is 2.26. The van der Waals surface area contributed by atoms with Crippen LogP contribution in [-0.2, 0) is 23.9 Å². The van der Waals surface area contributed by atoms with E-state index in [1.54, 1.807) is 34.7 Å². The molecule has 0 spiro atoms. The molecule has 0 bridgehead atoms. The first kappa shape index (κ1) is 30.9. The van der Waals surface area contributed by atoms with Crippen LogP contribution in [0.25, 0.3) is 0 Å². The van der Waals surface area contributed by atoms with Gasteiger partial charge in [-0.2, -0.15) is 0 Å². The van der Waals surface area contributed by atoms with Crippen LogP contribution in [0.15, 0.2) is 18.2 Å². The second-order valence-electron chi connectivity index (χ2n) is 10.4. The third kappa shape index (κ3) is 10.3. The quantitative estimate of drug-likeness (QED) is 0.442. The van der Waals surface area contributed by atoms with Crippen LogP contribution < -0.4 is 10.6 Å². The van der Waals surface area contributed by atoms with Gasteiger partial charge in [-0.3, -0.25) is 14.4 Å². The second kappa shape index (κ2) is 13.8. The predicted octanol–water partition coefficient (Wildman–Crippen LogP) is 3.81. The first-order valence-electron chi connectivity index (χ1n) is 12.4. The Morgan fingerprint density at radius 1 is 1.08 bits per heavy atom. The third-order valence-corrected chi connectivity index (χ3v) is 5.33. The Morgan fingerprint density at radius 2 is 1.72 bits per heavy atom. The van der Waals surface area contributed by atoms with E-state index in [2.05, 4.69) is 10.6 Å². The predicted molar refractivity (Wildman–Crippen MR) is 138 cm³/mol. The summed E-state index contributed by atoms with van der Waals surface area (Å²) in [5.41, 5.74) is 1.81. The van der Waals surface area contributed by atoms with E-state index in [1.807, 2.05) is 45.9 Å². The number of alkyl carbamates (subject to hydrolysis) is 1. The molecule has 9 nitrogen and oxygen atoms in total. The molecule has 2 atom stereocenters. The Labute approximate surface area is 215 Å². The van der Waals surface area contributed by atoms with Crippen molar-refractivity contribution in [1.82, 2.24) is 15.5 Å². The summed E-state index contributed by atoms with van der Waals surface area (Å²) in [5, 5.41) is 5.44. The van der Waals surface area contributed by atoms with Crippen molar-refractivity contribution in [3.63, 3.8) is 0 Å². The van der Waals surface area contributed by atoms with Crippen LogP contribution >= 0.6 is 0 Å². The van der Waals surface area contributed by atoms with E-state index in [0.717, 1.165) is 11.1 Å². The summed E-state index contributed by atoms with van der Waals surface area (Å²) in [6.45, 7) is 15.0. The van der Waals surface area contributed by atoms with Crippen LogP contribution in [-0.4, -0.2) is 60.6 Å². The summed E-state index contributed by atoms with van der Waals surface area (Å²) in [6, 6.07) is 3.80. The molecule has 0 aliphatic carbocycles. The van der Waals surface area contributed by atoms with Crippen molar-refractivity contribution >= 4 is 23.9 Å². The normalized spacial score (nSPS) is 12.9. The Morgan fingerprint density at radius 3 is 2.25 bits per heavy atom. The standard InChI is InChI=1S/C27H43N3O6/c1-10-35-22(31)13-14-28-24(32)23(20-12-11-18(4)16-19(20)5)30(9)25(33)21(15-17(2)3)29-26(34)36-27(6,7)8/h11-12,16-17,21,23H,10,13-15H2,1-9H3,(H,28,32)(H,29,34). The van der Waals surface area contributed by atoms with Gasteiger partial charge >= 0.3 is 12.1 Å². The number of likely N-dealkylation sites (N-methyl/N-ethyl adjacent to an activating group) is 1. The zero-order chi connectivity index (χ0) is 27.6. The topological polar surface area (TPSA) is 114 Å². The summed E-state index contributed by atoms with van der Waals surface area (Å²) in [6.07, 6.45) is -0.309. The smallest absolute Gasteiger partial charge is 0.408 e. The maximum absolute atomic E-state index is 13.6. The van der Waals surface area contributed by atoms with E-state index >= 15 is 0 Å². The van der Waals surface area contributed by atoms with Gasteiger partial charge in [0, 0.05) is 13.6 Å². The van der Waals surface area contributed by atoms with E-state index < -0.39 is 41.6 Å². The number of aryl methyl sites for hydroxylation is 2. The van der Waals surface area contributed by atoms with Gasteiger partial charge in [0.2, 0.25) is 11.8 Å². The summed E-state index contributed by atoms with van der Waals surface area (Å²) in [7, 11) is 1.54. The fourth-order valence-corrected chi connectivity index (χ4v) is 3.79. The number of benzene rings is 1. The number of ether oxygens (including phenoxy) is 2. The zero-order valence-corrected chi connectivity index (χ0v) is 23.2. The molecule has 1 aromatic rings. The molecule has 0 fully saturated rings. The third-order valence-electron chi connectivity index (χ3n) is 5.33. The number of esters is 1. The van der Waals surface area contributed by atoms with Crippen molar-refractivity contribution < 1.29 is 28.7 Å². The number of carbonyl (C=O) groups excluding carboxylic acids is 4. The minimum absolute atomic E-state index is 0.0208. The molecule has 2 unspecified atom stereocenters. The van der Waals surface area contributed by atoms with Gasteiger partial charge in [0.25, 0.3) is 0 Å². The van der Waals surface area contributed by atoms with Crippen molar-refractivity contribution in [2.75, 3.05) is 20.2 Å². The minimum Gasteiger partial charge on any atom is -0.466 e. The molecule has 3 amide bonds. The molecule has 0 saturated heterocycles. The number of nitrogens with zero attached hydrogens (tertiary/aromatic N) is 1. The molecule has 9 heteroatoms. The molecule has 0 aromatic heterocycles. The van der Waals surface area contributed by atoms with Crippen molar-refractivity contribution in [3.05, 3.63) is 34.9 Å². The Kier molecular flexibility index (Phi) is 11.9. The Bertz CT molecular complexity index is 923. The maximum atomic E-state index is 13.6. The number of hydrogen-bond donors (Lipinski definition) is 2. The SMILES string of the molecule is CCOC(=O)CCNC(=O)C(c1ccc(C)cc1C)N(C)C(=O)C(CC(C)C)NC(=O)OC(C)(C)C. The summed E-state index contributed by atoms with van der Waals surface area (Å²) < 4.78 is 10.3. The molecular weight excluding hydrogens is 462 g/mol. The fourth-order valence-electron chi connectivity index (χ4n) is 3.79. The average molecular weight is 506 g/mol. The number of rotatable bonds is 11. The summed E-state index contributed by atoms with van der Waals surface area (Å²) >= 11 is 0. The number of hydrogen-bond acceptors (Lipinski definition) is 6. The zero-order valence-electron chi connectivity index (χ0n) is 23.2. The Balaban J connectivity index is 3.24. The fraction of sp³-hybridized carbons (Fsp3) is 0.630. The largest absolute Gasteiger partial charge is 0.466 e. The van der Waals surface area contributed by atoms with Gasteiger partial charge in [0.05, 0.1) is 13.0 Å². The van der Waals surface area contributed by atoms with E-state index in [-0.39, 0.29) is 25.5 Å². The van der Waals surface area contributed by atoms with Crippen LogP contribution in [0.3, 0.4) is 0 Å². The molecule has 1 aromatic carbocycles. The molecule has 0 aliphatic rings. The minimum atomic E-state index is -0.963. The molecule has 0 saturated carbocycles. The summed E-state index contributed by atoms with van der Waals surface area (Å²) in [5.74, 6) is -1.16.